The molecule has 0 saturated carbocycles. The number of amides is 2. The van der Waals surface area contributed by atoms with Crippen molar-refractivity contribution < 1.29 is 9.53 Å². The van der Waals surface area contributed by atoms with E-state index in [9.17, 15) is 4.79 Å². The average Bonchev–Trinajstić information content (AvgIpc) is 3.02. The van der Waals surface area contributed by atoms with Crippen LogP contribution in [0.4, 0.5) is 16.2 Å². The van der Waals surface area contributed by atoms with E-state index in [1.54, 1.807) is 0 Å². The van der Waals surface area contributed by atoms with Crippen molar-refractivity contribution in [3.63, 3.8) is 0 Å². The Morgan fingerprint density at radius 2 is 1.52 bits per heavy atom. The maximum Gasteiger partial charge on any atom is 0.346 e. The molecule has 0 aromatic heterocycles. The van der Waals surface area contributed by atoms with E-state index >= 15 is 0 Å². The molecule has 25 heavy (non-hydrogen) atoms. The number of carbonyl (C=O) groups is 1. The maximum atomic E-state index is 11.7. The van der Waals surface area contributed by atoms with Crippen molar-refractivity contribution in [2.75, 3.05) is 5.32 Å². The molecule has 0 fully saturated rings. The Kier molecular flexibility index (Phi) is 4.09. The topological polar surface area (TPSA) is 52.4 Å². The number of carbonyl (C=O) groups excluding carboxylic acids is 1. The van der Waals surface area contributed by atoms with Gasteiger partial charge in [-0.05, 0) is 35.2 Å². The molecule has 0 aliphatic carbocycles. The summed E-state index contributed by atoms with van der Waals surface area (Å²) in [5.41, 5.74) is 4.64. The van der Waals surface area contributed by atoms with Crippen LogP contribution in [0.5, 0.6) is 5.75 Å². The number of hydrogen-bond acceptors (Lipinski definition) is 2. The van der Waals surface area contributed by atoms with Gasteiger partial charge < -0.3 is 10.1 Å². The largest absolute Gasteiger partial charge is 0.487 e. The molecular weight excluding hydrogens is 312 g/mol. The molecule has 1 N–H and O–H groups in total. The van der Waals surface area contributed by atoms with E-state index in [4.69, 9.17) is 4.74 Å². The lowest BCUT2D eigenvalue weighted by molar-refractivity contribution is 0.255. The van der Waals surface area contributed by atoms with E-state index in [0.717, 1.165) is 17.5 Å². The molecule has 123 valence electrons. The number of benzene rings is 3. The Labute approximate surface area is 146 Å². The summed E-state index contributed by atoms with van der Waals surface area (Å²) in [5, 5.41) is 6.81. The molecule has 1 aliphatic heterocycles. The minimum atomic E-state index is -0.351. The number of urea groups is 1. The third-order valence-corrected chi connectivity index (χ3v) is 4.08. The normalized spacial score (nSPS) is 12.2. The summed E-state index contributed by atoms with van der Waals surface area (Å²) in [6.07, 6.45) is 0.770. The number of fused-ring (bicyclic) bond motifs is 1. The predicted octanol–water partition coefficient (Wildman–Crippen LogP) is 4.64. The second-order valence-electron chi connectivity index (χ2n) is 5.97. The van der Waals surface area contributed by atoms with Crippen molar-refractivity contribution >= 4 is 17.4 Å². The number of rotatable bonds is 5. The molecule has 0 bridgehead atoms. The molecule has 0 atom stereocenters. The maximum absolute atomic E-state index is 11.7. The molecule has 0 unspecified atom stereocenters. The fraction of sp³-hybridized carbons (Fsp3) is 0.0952. The minimum Gasteiger partial charge on any atom is -0.487 e. The van der Waals surface area contributed by atoms with E-state index in [0.29, 0.717) is 23.7 Å². The van der Waals surface area contributed by atoms with Crippen LogP contribution in [0.25, 0.3) is 0 Å². The lowest BCUT2D eigenvalue weighted by Crippen LogP contribution is -2.08. The van der Waals surface area contributed by atoms with Gasteiger partial charge in [0.25, 0.3) is 0 Å². The summed E-state index contributed by atoms with van der Waals surface area (Å²) in [6.45, 7) is 0.436. The summed E-state index contributed by atoms with van der Waals surface area (Å²) < 4.78 is 5.98. The van der Waals surface area contributed by atoms with Crippen LogP contribution >= 0.6 is 0 Å². The lowest BCUT2D eigenvalue weighted by atomic mass is 10.0. The van der Waals surface area contributed by atoms with Gasteiger partial charge >= 0.3 is 6.03 Å². The molecule has 4 heteroatoms. The molecule has 2 amide bonds. The van der Waals surface area contributed by atoms with Gasteiger partial charge in [-0.3, -0.25) is 0 Å². The molecule has 1 radical (unpaired) electrons. The summed E-state index contributed by atoms with van der Waals surface area (Å²) >= 11 is 0. The van der Waals surface area contributed by atoms with Gasteiger partial charge in [0.1, 0.15) is 18.0 Å². The Hall–Kier alpha value is -3.27. The monoisotopic (exact) mass is 329 g/mol. The first-order valence-electron chi connectivity index (χ1n) is 8.18. The van der Waals surface area contributed by atoms with Crippen molar-refractivity contribution in [1.29, 1.82) is 0 Å². The van der Waals surface area contributed by atoms with Crippen molar-refractivity contribution in [1.82, 2.24) is 5.32 Å². The second kappa shape index (κ2) is 6.69. The average molecular weight is 329 g/mol. The standard InChI is InChI=1S/C21H17N2O2/c24-21-22-18-12-17(11-15-7-3-1-4-8-15)13-19(20(18)23-21)25-14-16-9-5-2-6-10-16/h1-10,12-13H,11,14H2,(H,22,24). The van der Waals surface area contributed by atoms with E-state index in [2.05, 4.69) is 22.8 Å². The second-order valence-corrected chi connectivity index (χ2v) is 5.97. The third-order valence-electron chi connectivity index (χ3n) is 4.08. The van der Waals surface area contributed by atoms with Crippen LogP contribution in [-0.2, 0) is 13.0 Å². The molecule has 4 nitrogen and oxygen atoms in total. The first-order valence-corrected chi connectivity index (χ1v) is 8.18. The van der Waals surface area contributed by atoms with Crippen LogP contribution in [0.2, 0.25) is 0 Å². The van der Waals surface area contributed by atoms with Crippen molar-refractivity contribution in [3.8, 4) is 5.75 Å². The van der Waals surface area contributed by atoms with Gasteiger partial charge in [-0.25, -0.2) is 4.79 Å². The molecule has 0 saturated heterocycles. The number of nitrogens with zero attached hydrogens (tertiary/aromatic N) is 1. The zero-order valence-corrected chi connectivity index (χ0v) is 13.6. The molecule has 3 aromatic carbocycles. The van der Waals surface area contributed by atoms with Gasteiger partial charge in [0.05, 0.1) is 5.69 Å². The van der Waals surface area contributed by atoms with E-state index in [1.165, 1.54) is 5.56 Å². The van der Waals surface area contributed by atoms with Crippen LogP contribution in [0.1, 0.15) is 16.7 Å². The molecule has 3 aromatic rings. The summed E-state index contributed by atoms with van der Waals surface area (Å²) in [4.78, 5) is 11.7. The molecule has 1 heterocycles. The smallest absolute Gasteiger partial charge is 0.346 e. The van der Waals surface area contributed by atoms with Gasteiger partial charge in [-0.2, -0.15) is 5.32 Å². The fourth-order valence-corrected chi connectivity index (χ4v) is 2.90. The fourth-order valence-electron chi connectivity index (χ4n) is 2.90. The molecule has 1 aliphatic rings. The molecule has 4 rings (SSSR count). The number of anilines is 1. The van der Waals surface area contributed by atoms with Crippen LogP contribution in [0, 0.1) is 0 Å². The summed E-state index contributed by atoms with van der Waals surface area (Å²) in [6, 6.07) is 23.7. The highest BCUT2D eigenvalue weighted by atomic mass is 16.5. The zero-order valence-electron chi connectivity index (χ0n) is 13.6. The van der Waals surface area contributed by atoms with Gasteiger partial charge in [-0.1, -0.05) is 60.7 Å². The van der Waals surface area contributed by atoms with E-state index < -0.39 is 0 Å². The Bertz CT molecular complexity index is 893. The minimum absolute atomic E-state index is 0.351. The van der Waals surface area contributed by atoms with Gasteiger partial charge in [0.15, 0.2) is 0 Å². The predicted molar refractivity (Wildman–Crippen MR) is 97.3 cm³/mol. The van der Waals surface area contributed by atoms with Crippen LogP contribution in [0.15, 0.2) is 72.8 Å². The highest BCUT2D eigenvalue weighted by molar-refractivity contribution is 6.04. The Balaban J connectivity index is 1.61. The van der Waals surface area contributed by atoms with Crippen molar-refractivity contribution in [2.45, 2.75) is 13.0 Å². The lowest BCUT2D eigenvalue weighted by Gasteiger charge is -2.12. The quantitative estimate of drug-likeness (QED) is 0.741. The van der Waals surface area contributed by atoms with Crippen LogP contribution in [-0.4, -0.2) is 6.03 Å². The first-order chi connectivity index (χ1) is 12.3. The van der Waals surface area contributed by atoms with Gasteiger partial charge in [0.2, 0.25) is 0 Å². The highest BCUT2D eigenvalue weighted by Crippen LogP contribution is 2.39. The van der Waals surface area contributed by atoms with Crippen molar-refractivity contribution in [3.05, 3.63) is 89.5 Å². The van der Waals surface area contributed by atoms with Crippen molar-refractivity contribution in [2.24, 2.45) is 0 Å². The molecule has 0 spiro atoms. The SMILES string of the molecule is O=C1[N]c2c(cc(Cc3ccccc3)cc2OCc2ccccc2)N1. The third kappa shape index (κ3) is 3.48. The number of ether oxygens (including phenoxy) is 1. The van der Waals surface area contributed by atoms with E-state index in [1.807, 2.05) is 60.7 Å². The molecular formula is C21H17N2O2. The zero-order chi connectivity index (χ0) is 17.1. The van der Waals surface area contributed by atoms with Gasteiger partial charge in [-0.15, -0.1) is 0 Å². The Morgan fingerprint density at radius 1 is 0.840 bits per heavy atom. The summed E-state index contributed by atoms with van der Waals surface area (Å²) in [7, 11) is 0. The number of hydrogen-bond donors (Lipinski definition) is 1. The highest BCUT2D eigenvalue weighted by Gasteiger charge is 2.24. The first kappa shape index (κ1) is 15.3. The summed E-state index contributed by atoms with van der Waals surface area (Å²) in [5.74, 6) is 0.630. The van der Waals surface area contributed by atoms with Gasteiger partial charge in [0, 0.05) is 0 Å². The van der Waals surface area contributed by atoms with Crippen LogP contribution in [0.3, 0.4) is 0 Å². The van der Waals surface area contributed by atoms with Crippen LogP contribution < -0.4 is 15.4 Å². The Morgan fingerprint density at radius 3 is 2.24 bits per heavy atom. The number of nitrogens with one attached hydrogen (secondary N) is 1. The van der Waals surface area contributed by atoms with E-state index in [-0.39, 0.29) is 6.03 Å².